The number of nitrogens with one attached hydrogen (secondary N) is 1. The molecule has 1 saturated heterocycles. The Morgan fingerprint density at radius 3 is 1.93 bits per heavy atom. The quantitative estimate of drug-likeness (QED) is 0.0586. The van der Waals surface area contributed by atoms with E-state index < -0.39 is 44.1 Å². The number of aliphatic hydroxyl groups is 1. The van der Waals surface area contributed by atoms with E-state index in [2.05, 4.69) is 51.5 Å². The van der Waals surface area contributed by atoms with Crippen molar-refractivity contribution in [2.45, 2.75) is 95.2 Å². The molecule has 3 heterocycles. The minimum absolute atomic E-state index is 0.0603. The minimum atomic E-state index is -2.33. The first kappa shape index (κ1) is 40.4. The van der Waals surface area contributed by atoms with Crippen LogP contribution in [0.4, 0.5) is 0 Å². The molecule has 1 aliphatic rings. The molecule has 11 nitrogen and oxygen atoms in total. The van der Waals surface area contributed by atoms with E-state index in [0.29, 0.717) is 33.8 Å². The summed E-state index contributed by atoms with van der Waals surface area (Å²) in [7, 11) is 0.934. The summed E-state index contributed by atoms with van der Waals surface area (Å²) in [5, 5.41) is 12.9. The SMILES string of the molecule is COc1ccc(C(OC[C@H]2O[C@@H](n3cc4cc(C)[nH]c4nc3=O)[C@H](OCO[Si](C(C)C)(C(C)C)C(C)C)[C@@H]2O)(c2ccccc2)c2ccc(OC)cc2)cc1. The van der Waals surface area contributed by atoms with Crippen molar-refractivity contribution >= 4 is 19.4 Å². The topological polar surface area (TPSA) is 126 Å². The van der Waals surface area contributed by atoms with Crippen molar-refractivity contribution in [1.82, 2.24) is 14.5 Å². The molecule has 0 bridgehead atoms. The summed E-state index contributed by atoms with van der Waals surface area (Å²) >= 11 is 0. The molecular formula is C43H55N3O8Si. The van der Waals surface area contributed by atoms with Gasteiger partial charge in [-0.05, 0) is 70.6 Å². The maximum absolute atomic E-state index is 13.6. The van der Waals surface area contributed by atoms with Crippen LogP contribution in [0.5, 0.6) is 11.5 Å². The standard InChI is InChI=1S/C43H55N3O8Si/c1-27(2)55(28(3)4,29(5)6)53-26-51-39-38(47)37(54-41(39)46-24-31-23-30(7)44-40(31)45-42(46)48)25-52-43(32-13-11-10-12-14-32,33-15-19-35(49-8)20-16-33)34-17-21-36(50-9)22-18-34/h10-24,27-29,37-39,41,47H,25-26H2,1-9H3,(H,44,45,48)/t37-,38-,39-,41-/m1/s1. The monoisotopic (exact) mass is 769 g/mol. The van der Waals surface area contributed by atoms with E-state index in [0.717, 1.165) is 27.8 Å². The second kappa shape index (κ2) is 16.8. The number of hydrogen-bond donors (Lipinski definition) is 2. The molecule has 1 aliphatic heterocycles. The molecular weight excluding hydrogens is 715 g/mol. The van der Waals surface area contributed by atoms with Crippen LogP contribution in [0.2, 0.25) is 16.6 Å². The summed E-state index contributed by atoms with van der Waals surface area (Å²) in [6.45, 7) is 15.0. The fraction of sp³-hybridized carbons (Fsp3) is 0.442. The van der Waals surface area contributed by atoms with Crippen LogP contribution in [0.25, 0.3) is 11.0 Å². The van der Waals surface area contributed by atoms with Crippen molar-refractivity contribution < 1.29 is 33.2 Å². The van der Waals surface area contributed by atoms with Gasteiger partial charge in [0, 0.05) is 17.3 Å². The summed E-state index contributed by atoms with van der Waals surface area (Å²) in [5.41, 5.74) is 3.16. The summed E-state index contributed by atoms with van der Waals surface area (Å²) in [5.74, 6) is 1.40. The molecule has 1 fully saturated rings. The van der Waals surface area contributed by atoms with E-state index in [9.17, 15) is 9.90 Å². The number of aromatic nitrogens is 3. The molecule has 0 aliphatic carbocycles. The highest BCUT2D eigenvalue weighted by Crippen LogP contribution is 2.44. The van der Waals surface area contributed by atoms with E-state index in [1.807, 2.05) is 91.9 Å². The number of benzene rings is 3. The average Bonchev–Trinajstić information content (AvgIpc) is 3.70. The normalized spacial score (nSPS) is 19.2. The largest absolute Gasteiger partial charge is 0.497 e. The van der Waals surface area contributed by atoms with Crippen LogP contribution in [0.3, 0.4) is 0 Å². The van der Waals surface area contributed by atoms with E-state index in [1.165, 1.54) is 4.57 Å². The lowest BCUT2D eigenvalue weighted by atomic mass is 9.80. The molecule has 0 unspecified atom stereocenters. The number of aryl methyl sites for hydroxylation is 1. The third-order valence-electron chi connectivity index (χ3n) is 11.2. The van der Waals surface area contributed by atoms with E-state index in [1.54, 1.807) is 20.4 Å². The molecule has 3 aromatic carbocycles. The Balaban J connectivity index is 1.39. The van der Waals surface area contributed by atoms with Crippen LogP contribution in [0.1, 0.15) is 70.2 Å². The van der Waals surface area contributed by atoms with Crippen LogP contribution in [0.15, 0.2) is 95.9 Å². The van der Waals surface area contributed by atoms with Gasteiger partial charge in [0.05, 0.1) is 20.8 Å². The second-order valence-electron chi connectivity index (χ2n) is 15.3. The number of H-pyrrole nitrogens is 1. The van der Waals surface area contributed by atoms with E-state index >= 15 is 0 Å². The Hall–Kier alpha value is -4.30. The van der Waals surface area contributed by atoms with Crippen LogP contribution >= 0.6 is 0 Å². The molecule has 0 saturated carbocycles. The summed E-state index contributed by atoms with van der Waals surface area (Å²) in [4.78, 5) is 21.0. The molecule has 55 heavy (non-hydrogen) atoms. The van der Waals surface area contributed by atoms with Crippen LogP contribution < -0.4 is 15.2 Å². The molecule has 0 spiro atoms. The second-order valence-corrected chi connectivity index (χ2v) is 20.7. The zero-order valence-electron chi connectivity index (χ0n) is 33.3. The molecule has 12 heteroatoms. The lowest BCUT2D eigenvalue weighted by Gasteiger charge is -2.42. The fourth-order valence-corrected chi connectivity index (χ4v) is 13.9. The smallest absolute Gasteiger partial charge is 0.351 e. The van der Waals surface area contributed by atoms with Gasteiger partial charge >= 0.3 is 5.69 Å². The Morgan fingerprint density at radius 2 is 1.40 bits per heavy atom. The number of aliphatic hydroxyl groups excluding tert-OH is 1. The van der Waals surface area contributed by atoms with E-state index in [4.69, 9.17) is 28.1 Å². The molecule has 294 valence electrons. The first-order valence-corrected chi connectivity index (χ1v) is 21.2. The lowest BCUT2D eigenvalue weighted by molar-refractivity contribution is -0.116. The Morgan fingerprint density at radius 1 is 0.855 bits per heavy atom. The Labute approximate surface area is 324 Å². The first-order chi connectivity index (χ1) is 26.3. The minimum Gasteiger partial charge on any atom is -0.497 e. The van der Waals surface area contributed by atoms with Crippen molar-refractivity contribution in [1.29, 1.82) is 0 Å². The Kier molecular flexibility index (Phi) is 12.3. The van der Waals surface area contributed by atoms with Gasteiger partial charge in [-0.3, -0.25) is 4.57 Å². The Bertz CT molecular complexity index is 1990. The van der Waals surface area contributed by atoms with Crippen molar-refractivity contribution in [2.24, 2.45) is 0 Å². The van der Waals surface area contributed by atoms with Crippen molar-refractivity contribution in [3.8, 4) is 11.5 Å². The van der Waals surface area contributed by atoms with Gasteiger partial charge in [-0.15, -0.1) is 0 Å². The maximum Gasteiger partial charge on any atom is 0.351 e. The van der Waals surface area contributed by atoms with Gasteiger partial charge < -0.3 is 38.2 Å². The molecule has 2 aromatic heterocycles. The first-order valence-electron chi connectivity index (χ1n) is 19.0. The van der Waals surface area contributed by atoms with E-state index in [-0.39, 0.29) is 13.4 Å². The van der Waals surface area contributed by atoms with Gasteiger partial charge in [-0.25, -0.2) is 4.79 Å². The van der Waals surface area contributed by atoms with Crippen molar-refractivity contribution in [3.05, 3.63) is 124 Å². The number of fused-ring (bicyclic) bond motifs is 1. The summed E-state index contributed by atoms with van der Waals surface area (Å²) in [6, 6.07) is 27.3. The number of hydrogen-bond acceptors (Lipinski definition) is 9. The number of nitrogens with zero attached hydrogens (tertiary/aromatic N) is 2. The highest BCUT2D eigenvalue weighted by molar-refractivity contribution is 6.77. The molecule has 2 N–H and O–H groups in total. The highest BCUT2D eigenvalue weighted by atomic mass is 28.4. The summed E-state index contributed by atoms with van der Waals surface area (Å²) in [6.07, 6.45) is -2.40. The third-order valence-corrected chi connectivity index (χ3v) is 17.2. The lowest BCUT2D eigenvalue weighted by Crippen LogP contribution is -2.49. The maximum atomic E-state index is 13.6. The molecule has 0 amide bonds. The zero-order valence-corrected chi connectivity index (χ0v) is 34.3. The van der Waals surface area contributed by atoms with Crippen LogP contribution in [-0.4, -0.2) is 73.9 Å². The third kappa shape index (κ3) is 7.76. The van der Waals surface area contributed by atoms with Crippen LogP contribution in [-0.2, 0) is 24.2 Å². The number of rotatable bonds is 16. The fourth-order valence-electron chi connectivity index (χ4n) is 8.58. The van der Waals surface area contributed by atoms with Gasteiger partial charge in [-0.2, -0.15) is 4.98 Å². The summed E-state index contributed by atoms with van der Waals surface area (Å²) < 4.78 is 39.4. The highest BCUT2D eigenvalue weighted by Gasteiger charge is 2.50. The van der Waals surface area contributed by atoms with Gasteiger partial charge in [0.2, 0.25) is 8.32 Å². The molecule has 0 radical (unpaired) electrons. The van der Waals surface area contributed by atoms with Gasteiger partial charge in [0.25, 0.3) is 0 Å². The average molecular weight is 770 g/mol. The van der Waals surface area contributed by atoms with Crippen molar-refractivity contribution in [3.63, 3.8) is 0 Å². The van der Waals surface area contributed by atoms with Gasteiger partial charge in [0.1, 0.15) is 47.9 Å². The molecule has 4 atom stereocenters. The predicted octanol–water partition coefficient (Wildman–Crippen LogP) is 7.85. The number of ether oxygens (including phenoxy) is 5. The molecule has 5 aromatic rings. The molecule has 6 rings (SSSR count). The van der Waals surface area contributed by atoms with Gasteiger partial charge in [0.15, 0.2) is 6.23 Å². The zero-order chi connectivity index (χ0) is 39.5. The predicted molar refractivity (Wildman–Crippen MR) is 215 cm³/mol. The number of methoxy groups -OCH3 is 2. The van der Waals surface area contributed by atoms with Crippen molar-refractivity contribution in [2.75, 3.05) is 27.6 Å². The van der Waals surface area contributed by atoms with Crippen LogP contribution in [0, 0.1) is 6.92 Å². The number of aromatic amines is 1. The van der Waals surface area contributed by atoms with Gasteiger partial charge in [-0.1, -0.05) is 96.1 Å².